The minimum Gasteiger partial charge on any atom is -0.507 e. The Labute approximate surface area is 153 Å². The molecule has 4 nitrogen and oxygen atoms in total. The minimum atomic E-state index is -0.303. The number of hydrogen-bond acceptors (Lipinski definition) is 4. The topological polar surface area (TPSA) is 67.8 Å². The van der Waals surface area contributed by atoms with E-state index in [4.69, 9.17) is 15.5 Å². The Morgan fingerprint density at radius 3 is 2.15 bits per heavy atom. The predicted octanol–water partition coefficient (Wildman–Crippen LogP) is 4.26. The van der Waals surface area contributed by atoms with E-state index >= 15 is 0 Å². The van der Waals surface area contributed by atoms with Gasteiger partial charge in [0.05, 0.1) is 19.2 Å². The first-order chi connectivity index (χ1) is 12.7. The number of nitrogens with two attached hydrogens (primary N) is 1. The van der Waals surface area contributed by atoms with Gasteiger partial charge in [-0.25, -0.2) is 0 Å². The van der Waals surface area contributed by atoms with Crippen LogP contribution in [-0.2, 0) is 0 Å². The second-order valence-electron chi connectivity index (χ2n) is 5.99. The van der Waals surface area contributed by atoms with E-state index in [9.17, 15) is 5.11 Å². The van der Waals surface area contributed by atoms with Crippen LogP contribution in [-0.4, -0.2) is 18.4 Å². The predicted molar refractivity (Wildman–Crippen MR) is 105 cm³/mol. The molecule has 2 atom stereocenters. The van der Waals surface area contributed by atoms with Crippen molar-refractivity contribution < 1.29 is 9.84 Å². The fraction of sp³-hybridized carbons (Fsp3) is 0.136. The van der Waals surface area contributed by atoms with E-state index in [-0.39, 0.29) is 17.8 Å². The molecule has 2 unspecified atom stereocenters. The van der Waals surface area contributed by atoms with Crippen molar-refractivity contribution in [2.24, 2.45) is 10.7 Å². The summed E-state index contributed by atoms with van der Waals surface area (Å²) in [5.41, 5.74) is 9.14. The van der Waals surface area contributed by atoms with Crippen LogP contribution in [0.15, 0.2) is 83.9 Å². The Balaban J connectivity index is 1.96. The zero-order valence-electron chi connectivity index (χ0n) is 14.6. The summed E-state index contributed by atoms with van der Waals surface area (Å²) >= 11 is 0. The van der Waals surface area contributed by atoms with Gasteiger partial charge in [0.15, 0.2) is 0 Å². The second kappa shape index (κ2) is 8.32. The molecule has 0 aromatic heterocycles. The van der Waals surface area contributed by atoms with Crippen LogP contribution in [0.3, 0.4) is 0 Å². The minimum absolute atomic E-state index is 0.148. The third-order valence-electron chi connectivity index (χ3n) is 4.27. The van der Waals surface area contributed by atoms with Gasteiger partial charge >= 0.3 is 0 Å². The van der Waals surface area contributed by atoms with Gasteiger partial charge in [0.25, 0.3) is 0 Å². The zero-order valence-corrected chi connectivity index (χ0v) is 14.6. The SMILES string of the molecule is COc1ccc(O)c(C=NC(c2ccccc2)C(N)c2ccccc2)c1. The van der Waals surface area contributed by atoms with Crippen molar-refractivity contribution in [1.29, 1.82) is 0 Å². The lowest BCUT2D eigenvalue weighted by atomic mass is 9.94. The number of phenolic OH excluding ortho intramolecular Hbond substituents is 1. The van der Waals surface area contributed by atoms with Crippen LogP contribution in [0, 0.1) is 0 Å². The summed E-state index contributed by atoms with van der Waals surface area (Å²) in [4.78, 5) is 4.71. The first-order valence-electron chi connectivity index (χ1n) is 8.44. The fourth-order valence-electron chi connectivity index (χ4n) is 2.82. The molecule has 4 heteroatoms. The number of hydrogen-bond donors (Lipinski definition) is 2. The molecule has 0 aliphatic rings. The van der Waals surface area contributed by atoms with Gasteiger partial charge in [0.1, 0.15) is 11.5 Å². The summed E-state index contributed by atoms with van der Waals surface area (Å²) in [6, 6.07) is 24.3. The van der Waals surface area contributed by atoms with E-state index in [1.807, 2.05) is 60.7 Å². The summed E-state index contributed by atoms with van der Waals surface area (Å²) in [6.07, 6.45) is 1.65. The van der Waals surface area contributed by atoms with Crippen LogP contribution in [0.1, 0.15) is 28.8 Å². The number of methoxy groups -OCH3 is 1. The molecule has 0 heterocycles. The molecule has 0 aliphatic heterocycles. The van der Waals surface area contributed by atoms with Gasteiger partial charge in [-0.1, -0.05) is 60.7 Å². The summed E-state index contributed by atoms with van der Waals surface area (Å²) < 4.78 is 5.22. The second-order valence-corrected chi connectivity index (χ2v) is 5.99. The van der Waals surface area contributed by atoms with Crippen molar-refractivity contribution in [2.45, 2.75) is 12.1 Å². The Kier molecular flexibility index (Phi) is 5.66. The first kappa shape index (κ1) is 17.7. The number of benzene rings is 3. The molecule has 3 rings (SSSR count). The number of nitrogens with zero attached hydrogens (tertiary/aromatic N) is 1. The molecule has 132 valence electrons. The lowest BCUT2D eigenvalue weighted by Gasteiger charge is -2.21. The van der Waals surface area contributed by atoms with Crippen molar-refractivity contribution in [3.63, 3.8) is 0 Å². The van der Waals surface area contributed by atoms with E-state index in [0.29, 0.717) is 11.3 Å². The molecule has 0 aliphatic carbocycles. The normalized spacial score (nSPS) is 13.5. The molecule has 3 aromatic carbocycles. The molecule has 0 radical (unpaired) electrons. The number of ether oxygens (including phenoxy) is 1. The van der Waals surface area contributed by atoms with Crippen LogP contribution in [0.5, 0.6) is 11.5 Å². The van der Waals surface area contributed by atoms with Gasteiger partial charge in [-0.2, -0.15) is 0 Å². The summed E-state index contributed by atoms with van der Waals surface area (Å²) in [5.74, 6) is 0.808. The quantitative estimate of drug-likeness (QED) is 0.655. The Hall–Kier alpha value is -3.11. The van der Waals surface area contributed by atoms with Crippen molar-refractivity contribution in [3.05, 3.63) is 95.6 Å². The fourth-order valence-corrected chi connectivity index (χ4v) is 2.82. The van der Waals surface area contributed by atoms with Crippen molar-refractivity contribution in [2.75, 3.05) is 7.11 Å². The number of aliphatic imine (C=N–C) groups is 1. The highest BCUT2D eigenvalue weighted by Gasteiger charge is 2.20. The molecule has 3 N–H and O–H groups in total. The van der Waals surface area contributed by atoms with E-state index < -0.39 is 0 Å². The molecule has 0 saturated heterocycles. The molecule has 0 fully saturated rings. The third kappa shape index (κ3) is 4.10. The monoisotopic (exact) mass is 346 g/mol. The molecule has 0 bridgehead atoms. The summed E-state index contributed by atoms with van der Waals surface area (Å²) in [5, 5.41) is 10.1. The third-order valence-corrected chi connectivity index (χ3v) is 4.27. The number of aromatic hydroxyl groups is 1. The number of rotatable bonds is 6. The summed E-state index contributed by atoms with van der Waals surface area (Å²) in [7, 11) is 1.59. The molecule has 0 saturated carbocycles. The van der Waals surface area contributed by atoms with Crippen molar-refractivity contribution in [3.8, 4) is 11.5 Å². The lowest BCUT2D eigenvalue weighted by molar-refractivity contribution is 0.412. The Bertz CT molecular complexity index is 864. The zero-order chi connectivity index (χ0) is 18.4. The Morgan fingerprint density at radius 1 is 0.923 bits per heavy atom. The molecular formula is C22H22N2O2. The van der Waals surface area contributed by atoms with Gasteiger partial charge in [0, 0.05) is 11.8 Å². The molecule has 0 amide bonds. The highest BCUT2D eigenvalue weighted by atomic mass is 16.5. The highest BCUT2D eigenvalue weighted by Crippen LogP contribution is 2.31. The smallest absolute Gasteiger partial charge is 0.124 e. The van der Waals surface area contributed by atoms with Crippen molar-refractivity contribution in [1.82, 2.24) is 0 Å². The van der Waals surface area contributed by atoms with Crippen LogP contribution in [0.25, 0.3) is 0 Å². The van der Waals surface area contributed by atoms with Gasteiger partial charge in [-0.05, 0) is 29.3 Å². The average Bonchev–Trinajstić information content (AvgIpc) is 2.70. The molecule has 3 aromatic rings. The van der Waals surface area contributed by atoms with E-state index in [2.05, 4.69) is 0 Å². The van der Waals surface area contributed by atoms with E-state index in [1.54, 1.807) is 31.5 Å². The van der Waals surface area contributed by atoms with Gasteiger partial charge < -0.3 is 15.6 Å². The van der Waals surface area contributed by atoms with Crippen LogP contribution in [0.4, 0.5) is 0 Å². The maximum atomic E-state index is 10.1. The largest absolute Gasteiger partial charge is 0.507 e. The van der Waals surface area contributed by atoms with Crippen LogP contribution >= 0.6 is 0 Å². The van der Waals surface area contributed by atoms with Gasteiger partial charge in [0.2, 0.25) is 0 Å². The lowest BCUT2D eigenvalue weighted by Crippen LogP contribution is -2.18. The van der Waals surface area contributed by atoms with E-state index in [1.165, 1.54) is 0 Å². The number of phenols is 1. The van der Waals surface area contributed by atoms with Gasteiger partial charge in [-0.3, -0.25) is 4.99 Å². The highest BCUT2D eigenvalue weighted by molar-refractivity contribution is 5.84. The molecule has 0 spiro atoms. The maximum absolute atomic E-state index is 10.1. The van der Waals surface area contributed by atoms with Crippen LogP contribution < -0.4 is 10.5 Å². The molecular weight excluding hydrogens is 324 g/mol. The standard InChI is InChI=1S/C22H22N2O2/c1-26-19-12-13-20(25)18(14-19)15-24-22(17-10-6-3-7-11-17)21(23)16-8-4-2-5-9-16/h2-15,21-22,25H,23H2,1H3. The maximum Gasteiger partial charge on any atom is 0.124 e. The van der Waals surface area contributed by atoms with Crippen molar-refractivity contribution >= 4 is 6.21 Å². The van der Waals surface area contributed by atoms with Gasteiger partial charge in [-0.15, -0.1) is 0 Å². The average molecular weight is 346 g/mol. The summed E-state index contributed by atoms with van der Waals surface area (Å²) in [6.45, 7) is 0. The first-order valence-corrected chi connectivity index (χ1v) is 8.44. The molecule has 26 heavy (non-hydrogen) atoms. The van der Waals surface area contributed by atoms with Crippen LogP contribution in [0.2, 0.25) is 0 Å². The van der Waals surface area contributed by atoms with E-state index in [0.717, 1.165) is 11.1 Å². The Morgan fingerprint density at radius 2 is 1.54 bits per heavy atom.